The lowest BCUT2D eigenvalue weighted by Crippen LogP contribution is -2.55. The normalized spacial score (nSPS) is 18.2. The van der Waals surface area contributed by atoms with Gasteiger partial charge in [-0.1, -0.05) is 24.3 Å². The second-order valence-corrected chi connectivity index (χ2v) is 9.05. The zero-order chi connectivity index (χ0) is 23.3. The van der Waals surface area contributed by atoms with Crippen molar-refractivity contribution >= 4 is 11.8 Å². The first-order chi connectivity index (χ1) is 16.0. The van der Waals surface area contributed by atoms with Crippen LogP contribution in [0.1, 0.15) is 42.6 Å². The average Bonchev–Trinajstić information content (AvgIpc) is 2.85. The van der Waals surface area contributed by atoms with E-state index >= 15 is 0 Å². The summed E-state index contributed by atoms with van der Waals surface area (Å²) in [7, 11) is 0. The predicted octanol–water partition coefficient (Wildman–Crippen LogP) is 4.13. The molecule has 4 rings (SSSR count). The number of pyridine rings is 2. The Kier molecular flexibility index (Phi) is 6.82. The summed E-state index contributed by atoms with van der Waals surface area (Å²) in [5, 5.41) is 3.13. The molecule has 3 heterocycles. The molecule has 1 aliphatic rings. The molecule has 1 aliphatic heterocycles. The fourth-order valence-electron chi connectivity index (χ4n) is 4.65. The number of nitrogens with zero attached hydrogens (tertiary/aromatic N) is 3. The number of carbonyl (C=O) groups is 2. The monoisotopic (exact) mass is 442 g/mol. The smallest absolute Gasteiger partial charge is 0.255 e. The van der Waals surface area contributed by atoms with Gasteiger partial charge in [0.1, 0.15) is 0 Å². The number of amides is 2. The molecule has 0 aliphatic carbocycles. The molecule has 1 atom stereocenters. The minimum Gasteiger partial charge on any atom is -0.353 e. The number of hydrogen-bond donors (Lipinski definition) is 1. The minimum atomic E-state index is -0.705. The van der Waals surface area contributed by atoms with Crippen molar-refractivity contribution < 1.29 is 9.59 Å². The molecule has 0 spiro atoms. The van der Waals surface area contributed by atoms with Gasteiger partial charge < -0.3 is 10.2 Å². The average molecular weight is 443 g/mol. The summed E-state index contributed by atoms with van der Waals surface area (Å²) in [5.41, 5.74) is 3.10. The Hall–Kier alpha value is -3.54. The summed E-state index contributed by atoms with van der Waals surface area (Å²) in [6.45, 7) is 4.95. The minimum absolute atomic E-state index is 0.00529. The van der Waals surface area contributed by atoms with Gasteiger partial charge in [-0.3, -0.25) is 19.6 Å². The molecular formula is C27H30N4O2. The van der Waals surface area contributed by atoms with Gasteiger partial charge >= 0.3 is 0 Å². The largest absolute Gasteiger partial charge is 0.353 e. The zero-order valence-corrected chi connectivity index (χ0v) is 19.2. The molecule has 0 saturated carbocycles. The Bertz CT molecular complexity index is 1100. The number of rotatable bonds is 6. The van der Waals surface area contributed by atoms with E-state index in [0.29, 0.717) is 25.1 Å². The molecule has 6 nitrogen and oxygen atoms in total. The highest BCUT2D eigenvalue weighted by molar-refractivity contribution is 5.95. The first-order valence-corrected chi connectivity index (χ1v) is 11.5. The second kappa shape index (κ2) is 9.94. The van der Waals surface area contributed by atoms with Crippen molar-refractivity contribution in [2.75, 3.05) is 13.1 Å². The van der Waals surface area contributed by atoms with Gasteiger partial charge in [0.2, 0.25) is 5.91 Å². The third kappa shape index (κ3) is 5.11. The van der Waals surface area contributed by atoms with Crippen LogP contribution in [0.25, 0.3) is 11.1 Å². The maximum Gasteiger partial charge on any atom is 0.255 e. The van der Waals surface area contributed by atoms with E-state index in [4.69, 9.17) is 0 Å². The fraction of sp³-hybridized carbons (Fsp3) is 0.333. The summed E-state index contributed by atoms with van der Waals surface area (Å²) in [4.78, 5) is 36.9. The van der Waals surface area contributed by atoms with Crippen LogP contribution >= 0.6 is 0 Å². The molecule has 0 bridgehead atoms. The van der Waals surface area contributed by atoms with E-state index in [1.807, 2.05) is 43.0 Å². The van der Waals surface area contributed by atoms with E-state index in [1.165, 1.54) is 0 Å². The van der Waals surface area contributed by atoms with Crippen LogP contribution in [0.2, 0.25) is 0 Å². The van der Waals surface area contributed by atoms with Gasteiger partial charge in [-0.15, -0.1) is 0 Å². The van der Waals surface area contributed by atoms with Crippen molar-refractivity contribution in [2.24, 2.45) is 5.41 Å². The molecule has 0 radical (unpaired) electrons. The standard InChI is InChI=1S/C27H30N4O2/c1-20(2)30-26(33)27(12-6-16-31(19-27)25(32)23-8-5-13-29-18-23)17-22-7-3-4-9-24(22)21-10-14-28-15-11-21/h3-5,7-11,13-15,18,20H,6,12,16-17,19H2,1-2H3,(H,30,33). The van der Waals surface area contributed by atoms with Crippen LogP contribution in [0.4, 0.5) is 0 Å². The highest BCUT2D eigenvalue weighted by Crippen LogP contribution is 2.37. The summed E-state index contributed by atoms with van der Waals surface area (Å²) in [6.07, 6.45) is 8.86. The van der Waals surface area contributed by atoms with E-state index in [9.17, 15) is 9.59 Å². The lowest BCUT2D eigenvalue weighted by molar-refractivity contribution is -0.134. The number of nitrogens with one attached hydrogen (secondary N) is 1. The molecular weight excluding hydrogens is 412 g/mol. The molecule has 3 aromatic rings. The van der Waals surface area contributed by atoms with Crippen molar-refractivity contribution in [2.45, 2.75) is 39.2 Å². The number of likely N-dealkylation sites (tertiary alicyclic amines) is 1. The highest BCUT2D eigenvalue weighted by atomic mass is 16.2. The Morgan fingerprint density at radius 2 is 1.82 bits per heavy atom. The molecule has 33 heavy (non-hydrogen) atoms. The third-order valence-corrected chi connectivity index (χ3v) is 6.21. The quantitative estimate of drug-likeness (QED) is 0.623. The number of aromatic nitrogens is 2. The zero-order valence-electron chi connectivity index (χ0n) is 19.2. The highest BCUT2D eigenvalue weighted by Gasteiger charge is 2.44. The number of benzene rings is 1. The van der Waals surface area contributed by atoms with Gasteiger partial charge in [0.05, 0.1) is 11.0 Å². The first kappa shape index (κ1) is 22.6. The van der Waals surface area contributed by atoms with Crippen LogP contribution in [0.15, 0.2) is 73.3 Å². The second-order valence-electron chi connectivity index (χ2n) is 9.05. The van der Waals surface area contributed by atoms with E-state index < -0.39 is 5.41 Å². The van der Waals surface area contributed by atoms with Crippen molar-refractivity contribution in [3.63, 3.8) is 0 Å². The van der Waals surface area contributed by atoms with E-state index in [0.717, 1.165) is 29.5 Å². The van der Waals surface area contributed by atoms with E-state index in [-0.39, 0.29) is 17.9 Å². The summed E-state index contributed by atoms with van der Waals surface area (Å²) < 4.78 is 0. The van der Waals surface area contributed by atoms with Gasteiger partial charge in [-0.25, -0.2) is 0 Å². The van der Waals surface area contributed by atoms with E-state index in [1.54, 1.807) is 36.9 Å². The van der Waals surface area contributed by atoms with Gasteiger partial charge in [0, 0.05) is 43.9 Å². The predicted molar refractivity (Wildman–Crippen MR) is 128 cm³/mol. The number of carbonyl (C=O) groups excluding carboxylic acids is 2. The summed E-state index contributed by atoms with van der Waals surface area (Å²) >= 11 is 0. The number of piperidine rings is 1. The van der Waals surface area contributed by atoms with Crippen LogP contribution in [-0.2, 0) is 11.2 Å². The molecule has 1 saturated heterocycles. The van der Waals surface area contributed by atoms with Crippen LogP contribution in [-0.4, -0.2) is 45.8 Å². The molecule has 2 amide bonds. The maximum absolute atomic E-state index is 13.6. The van der Waals surface area contributed by atoms with Crippen molar-refractivity contribution in [3.8, 4) is 11.1 Å². The van der Waals surface area contributed by atoms with Crippen LogP contribution in [0.5, 0.6) is 0 Å². The van der Waals surface area contributed by atoms with Crippen molar-refractivity contribution in [3.05, 3.63) is 84.4 Å². The van der Waals surface area contributed by atoms with Gasteiger partial charge in [0.15, 0.2) is 0 Å². The summed E-state index contributed by atoms with van der Waals surface area (Å²) in [5.74, 6) is -0.0716. The molecule has 1 N–H and O–H groups in total. The van der Waals surface area contributed by atoms with Crippen LogP contribution in [0.3, 0.4) is 0 Å². The lowest BCUT2D eigenvalue weighted by Gasteiger charge is -2.42. The SMILES string of the molecule is CC(C)NC(=O)C1(Cc2ccccc2-c2ccncc2)CCCN(C(=O)c2cccnc2)C1. The molecule has 2 aromatic heterocycles. The van der Waals surface area contributed by atoms with Crippen molar-refractivity contribution in [1.29, 1.82) is 0 Å². The summed E-state index contributed by atoms with van der Waals surface area (Å²) in [6, 6.07) is 15.7. The Morgan fingerprint density at radius 1 is 1.03 bits per heavy atom. The lowest BCUT2D eigenvalue weighted by atomic mass is 9.73. The molecule has 170 valence electrons. The van der Waals surface area contributed by atoms with Gasteiger partial charge in [0.25, 0.3) is 5.91 Å². The first-order valence-electron chi connectivity index (χ1n) is 11.5. The number of hydrogen-bond acceptors (Lipinski definition) is 4. The molecule has 1 unspecified atom stereocenters. The van der Waals surface area contributed by atoms with Gasteiger partial charge in [-0.2, -0.15) is 0 Å². The fourth-order valence-corrected chi connectivity index (χ4v) is 4.65. The Labute approximate surface area is 195 Å². The Morgan fingerprint density at radius 3 is 2.55 bits per heavy atom. The van der Waals surface area contributed by atoms with E-state index in [2.05, 4.69) is 27.4 Å². The molecule has 1 fully saturated rings. The van der Waals surface area contributed by atoms with Crippen molar-refractivity contribution in [1.82, 2.24) is 20.2 Å². The Balaban J connectivity index is 1.69. The van der Waals surface area contributed by atoms with Crippen LogP contribution in [0, 0.1) is 5.41 Å². The van der Waals surface area contributed by atoms with Gasteiger partial charge in [-0.05, 0) is 74.1 Å². The molecule has 1 aromatic carbocycles. The topological polar surface area (TPSA) is 75.2 Å². The maximum atomic E-state index is 13.6. The third-order valence-electron chi connectivity index (χ3n) is 6.21. The molecule has 6 heteroatoms. The van der Waals surface area contributed by atoms with Crippen LogP contribution < -0.4 is 5.32 Å².